The molecule has 150 valence electrons. The summed E-state index contributed by atoms with van der Waals surface area (Å²) in [4.78, 5) is 19.4. The number of likely N-dealkylation sites (tertiary alicyclic amines) is 1. The Kier molecular flexibility index (Phi) is 6.65. The summed E-state index contributed by atoms with van der Waals surface area (Å²) >= 11 is 0. The zero-order chi connectivity index (χ0) is 19.9. The molecule has 0 amide bonds. The molecule has 0 saturated carbocycles. The summed E-state index contributed by atoms with van der Waals surface area (Å²) < 4.78 is 0.672. The van der Waals surface area contributed by atoms with Crippen LogP contribution in [0.4, 0.5) is 11.5 Å². The zero-order valence-corrected chi connectivity index (χ0v) is 16.1. The topological polar surface area (TPSA) is 85.8 Å². The SMILES string of the molecule is CCCN(Oc1ccccc1)c1c(CN2CCCCC2)c([N+](=O)[O-])cc[n+]1[O-]. The van der Waals surface area contributed by atoms with Crippen molar-refractivity contribution < 1.29 is 14.5 Å². The van der Waals surface area contributed by atoms with E-state index in [0.717, 1.165) is 32.4 Å². The molecule has 2 heterocycles. The predicted octanol–water partition coefficient (Wildman–Crippen LogP) is 3.42. The van der Waals surface area contributed by atoms with Gasteiger partial charge >= 0.3 is 5.82 Å². The second-order valence-corrected chi connectivity index (χ2v) is 6.93. The second kappa shape index (κ2) is 9.36. The summed E-state index contributed by atoms with van der Waals surface area (Å²) in [5.41, 5.74) is 0.346. The molecular weight excluding hydrogens is 360 g/mol. The third-order valence-corrected chi connectivity index (χ3v) is 4.80. The van der Waals surface area contributed by atoms with Gasteiger partial charge in [-0.25, -0.2) is 4.73 Å². The summed E-state index contributed by atoms with van der Waals surface area (Å²) in [6.07, 6.45) is 5.20. The molecule has 1 aromatic carbocycles. The molecule has 0 radical (unpaired) electrons. The fourth-order valence-electron chi connectivity index (χ4n) is 3.49. The van der Waals surface area contributed by atoms with Crippen LogP contribution < -0.4 is 14.6 Å². The maximum atomic E-state index is 12.7. The Morgan fingerprint density at radius 3 is 2.54 bits per heavy atom. The summed E-state index contributed by atoms with van der Waals surface area (Å²) in [5.74, 6) is 0.761. The van der Waals surface area contributed by atoms with E-state index in [1.54, 1.807) is 12.1 Å². The molecule has 0 unspecified atom stereocenters. The fraction of sp³-hybridized carbons (Fsp3) is 0.450. The van der Waals surface area contributed by atoms with E-state index in [0.29, 0.717) is 29.1 Å². The van der Waals surface area contributed by atoms with Crippen LogP contribution >= 0.6 is 0 Å². The number of nitrogens with zero attached hydrogens (tertiary/aromatic N) is 4. The Morgan fingerprint density at radius 2 is 1.89 bits per heavy atom. The van der Waals surface area contributed by atoms with Crippen LogP contribution in [-0.4, -0.2) is 29.5 Å². The van der Waals surface area contributed by atoms with Crippen LogP contribution in [0.25, 0.3) is 0 Å². The Hall–Kier alpha value is -2.87. The number of anilines is 1. The van der Waals surface area contributed by atoms with Crippen LogP contribution in [0.2, 0.25) is 0 Å². The molecule has 28 heavy (non-hydrogen) atoms. The molecule has 1 saturated heterocycles. The predicted molar refractivity (Wildman–Crippen MR) is 106 cm³/mol. The third kappa shape index (κ3) is 4.69. The van der Waals surface area contributed by atoms with Crippen molar-refractivity contribution in [3.63, 3.8) is 0 Å². The van der Waals surface area contributed by atoms with Gasteiger partial charge in [-0.2, -0.15) is 0 Å². The van der Waals surface area contributed by atoms with Gasteiger partial charge in [0.2, 0.25) is 0 Å². The molecule has 8 heteroatoms. The van der Waals surface area contributed by atoms with Crippen molar-refractivity contribution >= 4 is 11.5 Å². The molecule has 1 aliphatic rings. The highest BCUT2D eigenvalue weighted by molar-refractivity contribution is 5.53. The minimum absolute atomic E-state index is 0.0505. The number of hydrogen-bond acceptors (Lipinski definition) is 6. The van der Waals surface area contributed by atoms with Gasteiger partial charge in [-0.1, -0.05) is 36.6 Å². The van der Waals surface area contributed by atoms with Crippen molar-refractivity contribution in [2.45, 2.75) is 39.2 Å². The van der Waals surface area contributed by atoms with E-state index in [1.807, 2.05) is 25.1 Å². The van der Waals surface area contributed by atoms with Crippen LogP contribution in [-0.2, 0) is 6.54 Å². The highest BCUT2D eigenvalue weighted by Crippen LogP contribution is 2.29. The van der Waals surface area contributed by atoms with Gasteiger partial charge in [-0.3, -0.25) is 15.0 Å². The number of pyridine rings is 1. The molecule has 1 fully saturated rings. The van der Waals surface area contributed by atoms with Crippen LogP contribution in [0.5, 0.6) is 5.75 Å². The largest absolute Gasteiger partial charge is 0.711 e. The molecule has 8 nitrogen and oxygen atoms in total. The van der Waals surface area contributed by atoms with Crippen molar-refractivity contribution in [1.29, 1.82) is 0 Å². The molecule has 0 N–H and O–H groups in total. The first-order valence-corrected chi connectivity index (χ1v) is 9.72. The summed E-state index contributed by atoms with van der Waals surface area (Å²) in [7, 11) is 0. The molecular formula is C20H26N4O4. The minimum Gasteiger partial charge on any atom is -0.711 e. The lowest BCUT2D eigenvalue weighted by molar-refractivity contribution is -0.595. The van der Waals surface area contributed by atoms with Gasteiger partial charge < -0.3 is 10.0 Å². The Morgan fingerprint density at radius 1 is 1.18 bits per heavy atom. The lowest BCUT2D eigenvalue weighted by Crippen LogP contribution is -2.43. The number of nitro groups is 1. The number of hydroxylamine groups is 1. The smallest absolute Gasteiger partial charge is 0.330 e. The molecule has 2 aromatic rings. The van der Waals surface area contributed by atoms with E-state index >= 15 is 0 Å². The number of aromatic nitrogens is 1. The van der Waals surface area contributed by atoms with Crippen molar-refractivity contribution in [2.75, 3.05) is 24.7 Å². The molecule has 1 aliphatic heterocycles. The number of piperidine rings is 1. The van der Waals surface area contributed by atoms with E-state index in [2.05, 4.69) is 4.90 Å². The molecule has 0 spiro atoms. The number of benzene rings is 1. The van der Waals surface area contributed by atoms with Gasteiger partial charge in [0, 0.05) is 6.54 Å². The molecule has 0 atom stereocenters. The lowest BCUT2D eigenvalue weighted by Gasteiger charge is -2.28. The number of rotatable bonds is 8. The van der Waals surface area contributed by atoms with Gasteiger partial charge in [-0.15, -0.1) is 0 Å². The highest BCUT2D eigenvalue weighted by Gasteiger charge is 2.32. The van der Waals surface area contributed by atoms with Gasteiger partial charge in [-0.05, 0) is 44.5 Å². The van der Waals surface area contributed by atoms with Crippen molar-refractivity contribution in [3.05, 3.63) is 63.5 Å². The highest BCUT2D eigenvalue weighted by atomic mass is 16.7. The molecule has 3 rings (SSSR count). The second-order valence-electron chi connectivity index (χ2n) is 6.93. The Bertz CT molecular complexity index is 794. The van der Waals surface area contributed by atoms with Crippen molar-refractivity contribution in [3.8, 4) is 5.75 Å². The molecule has 1 aromatic heterocycles. The zero-order valence-electron chi connectivity index (χ0n) is 16.1. The van der Waals surface area contributed by atoms with Gasteiger partial charge in [0.25, 0.3) is 5.69 Å². The first-order valence-electron chi connectivity index (χ1n) is 9.72. The monoisotopic (exact) mass is 386 g/mol. The first-order chi connectivity index (χ1) is 13.6. The maximum Gasteiger partial charge on any atom is 0.330 e. The number of para-hydroxylation sites is 1. The quantitative estimate of drug-likeness (QED) is 0.299. The van der Waals surface area contributed by atoms with Crippen LogP contribution in [0.1, 0.15) is 38.2 Å². The number of hydrogen-bond donors (Lipinski definition) is 0. The fourth-order valence-corrected chi connectivity index (χ4v) is 3.49. The van der Waals surface area contributed by atoms with E-state index < -0.39 is 4.92 Å². The summed E-state index contributed by atoms with van der Waals surface area (Å²) in [6.45, 7) is 4.51. The van der Waals surface area contributed by atoms with Crippen molar-refractivity contribution in [1.82, 2.24) is 4.90 Å². The summed E-state index contributed by atoms with van der Waals surface area (Å²) in [5, 5.41) is 25.9. The van der Waals surface area contributed by atoms with Gasteiger partial charge in [0.05, 0.1) is 11.0 Å². The average Bonchev–Trinajstić information content (AvgIpc) is 2.69. The Balaban J connectivity index is 2.02. The van der Waals surface area contributed by atoms with E-state index in [9.17, 15) is 15.3 Å². The van der Waals surface area contributed by atoms with Gasteiger partial charge in [0.1, 0.15) is 18.3 Å². The third-order valence-electron chi connectivity index (χ3n) is 4.80. The maximum absolute atomic E-state index is 12.7. The summed E-state index contributed by atoms with van der Waals surface area (Å²) in [6, 6.07) is 10.4. The normalized spacial score (nSPS) is 14.6. The molecule has 0 aliphatic carbocycles. The standard InChI is InChI=1S/C20H26N4O4/c1-2-12-23(28-17-9-5-3-6-10-17)20-18(16-21-13-7-4-8-14-21)19(24(26)27)11-15-22(20)25/h3,5-6,9-11,15H,2,4,7-8,12-14,16H2,1H3. The Labute approximate surface area is 164 Å². The minimum atomic E-state index is -0.421. The van der Waals surface area contributed by atoms with Gasteiger partial charge in [0.15, 0.2) is 5.75 Å². The van der Waals surface area contributed by atoms with E-state index in [1.165, 1.54) is 23.7 Å². The average molecular weight is 386 g/mol. The lowest BCUT2D eigenvalue weighted by atomic mass is 10.1. The van der Waals surface area contributed by atoms with E-state index in [4.69, 9.17) is 4.84 Å². The van der Waals surface area contributed by atoms with Crippen molar-refractivity contribution in [2.24, 2.45) is 0 Å². The molecule has 0 bridgehead atoms. The van der Waals surface area contributed by atoms with Crippen LogP contribution in [0.15, 0.2) is 42.6 Å². The van der Waals surface area contributed by atoms with E-state index in [-0.39, 0.29) is 11.5 Å². The van der Waals surface area contributed by atoms with Crippen LogP contribution in [0.3, 0.4) is 0 Å². The first kappa shape index (κ1) is 19.9. The van der Waals surface area contributed by atoms with Crippen LogP contribution in [0, 0.1) is 15.3 Å².